The SMILES string of the molecule is CC(C)c1[nH]c(=O)c(-c2csc(-c3ccncc3)n2)cc1C(=O)OCCC1CCCN1C. The Morgan fingerprint density at radius 2 is 2.12 bits per heavy atom. The number of H-pyrrole nitrogens is 1. The molecular formula is C24H28N4O3S. The predicted molar refractivity (Wildman–Crippen MR) is 126 cm³/mol. The topological polar surface area (TPSA) is 88.2 Å². The number of aromatic amines is 1. The van der Waals surface area contributed by atoms with Gasteiger partial charge in [-0.15, -0.1) is 11.3 Å². The van der Waals surface area contributed by atoms with Crippen LogP contribution in [0.4, 0.5) is 0 Å². The number of carbonyl (C=O) groups is 1. The molecule has 0 aromatic carbocycles. The van der Waals surface area contributed by atoms with E-state index in [0.717, 1.165) is 30.0 Å². The summed E-state index contributed by atoms with van der Waals surface area (Å²) in [7, 11) is 2.11. The Morgan fingerprint density at radius 1 is 1.34 bits per heavy atom. The van der Waals surface area contributed by atoms with Crippen molar-refractivity contribution in [2.45, 2.75) is 45.1 Å². The first-order chi connectivity index (χ1) is 15.4. The second kappa shape index (κ2) is 9.75. The molecule has 1 aliphatic rings. The largest absolute Gasteiger partial charge is 0.462 e. The molecule has 3 aromatic heterocycles. The predicted octanol–water partition coefficient (Wildman–Crippen LogP) is 4.32. The molecule has 32 heavy (non-hydrogen) atoms. The van der Waals surface area contributed by atoms with Crippen LogP contribution in [0.5, 0.6) is 0 Å². The van der Waals surface area contributed by atoms with Crippen LogP contribution in [0.2, 0.25) is 0 Å². The smallest absolute Gasteiger partial charge is 0.339 e. The van der Waals surface area contributed by atoms with Gasteiger partial charge < -0.3 is 14.6 Å². The number of carbonyl (C=O) groups excluding carboxylic acids is 1. The number of aromatic nitrogens is 3. The highest BCUT2D eigenvalue weighted by molar-refractivity contribution is 7.13. The Balaban J connectivity index is 1.58. The number of thiazole rings is 1. The summed E-state index contributed by atoms with van der Waals surface area (Å²) in [6.07, 6.45) is 6.55. The minimum atomic E-state index is -0.406. The van der Waals surface area contributed by atoms with Crippen LogP contribution >= 0.6 is 11.3 Å². The number of hydrogen-bond acceptors (Lipinski definition) is 7. The zero-order valence-corrected chi connectivity index (χ0v) is 19.4. The van der Waals surface area contributed by atoms with Crippen molar-refractivity contribution >= 4 is 17.3 Å². The van der Waals surface area contributed by atoms with Crippen LogP contribution in [0.15, 0.2) is 40.8 Å². The van der Waals surface area contributed by atoms with E-state index in [1.54, 1.807) is 18.5 Å². The van der Waals surface area contributed by atoms with E-state index in [0.29, 0.717) is 35.2 Å². The minimum Gasteiger partial charge on any atom is -0.462 e. The summed E-state index contributed by atoms with van der Waals surface area (Å²) in [6.45, 7) is 5.34. The summed E-state index contributed by atoms with van der Waals surface area (Å²) >= 11 is 1.45. The summed E-state index contributed by atoms with van der Waals surface area (Å²) in [5.74, 6) is -0.431. The molecule has 0 amide bonds. The Hall–Kier alpha value is -2.84. The second-order valence-corrected chi connectivity index (χ2v) is 9.33. The molecule has 1 fully saturated rings. The number of esters is 1. The summed E-state index contributed by atoms with van der Waals surface area (Å²) in [5, 5.41) is 2.63. The minimum absolute atomic E-state index is 0.0249. The van der Waals surface area contributed by atoms with Crippen LogP contribution in [-0.2, 0) is 4.74 Å². The zero-order chi connectivity index (χ0) is 22.7. The molecule has 1 N–H and O–H groups in total. The Morgan fingerprint density at radius 3 is 2.81 bits per heavy atom. The van der Waals surface area contributed by atoms with Crippen LogP contribution in [0, 0.1) is 0 Å². The average molecular weight is 453 g/mol. The molecule has 4 heterocycles. The maximum Gasteiger partial charge on any atom is 0.339 e. The lowest BCUT2D eigenvalue weighted by Crippen LogP contribution is -2.27. The van der Waals surface area contributed by atoms with Gasteiger partial charge in [-0.1, -0.05) is 13.8 Å². The van der Waals surface area contributed by atoms with Crippen molar-refractivity contribution in [1.29, 1.82) is 0 Å². The summed E-state index contributed by atoms with van der Waals surface area (Å²) in [4.78, 5) is 39.7. The molecule has 4 rings (SSSR count). The number of nitrogens with one attached hydrogen (secondary N) is 1. The zero-order valence-electron chi connectivity index (χ0n) is 18.6. The fourth-order valence-electron chi connectivity index (χ4n) is 4.09. The fraction of sp³-hybridized carbons (Fsp3) is 0.417. The van der Waals surface area contributed by atoms with Gasteiger partial charge in [0.05, 0.1) is 23.4 Å². The van der Waals surface area contributed by atoms with Crippen LogP contribution in [0.3, 0.4) is 0 Å². The highest BCUT2D eigenvalue weighted by Crippen LogP contribution is 2.29. The van der Waals surface area contributed by atoms with Gasteiger partial charge in [-0.3, -0.25) is 9.78 Å². The van der Waals surface area contributed by atoms with Gasteiger partial charge in [-0.2, -0.15) is 0 Å². The number of nitrogens with zero attached hydrogens (tertiary/aromatic N) is 3. The number of hydrogen-bond donors (Lipinski definition) is 1. The van der Waals surface area contributed by atoms with Crippen LogP contribution < -0.4 is 5.56 Å². The molecule has 168 valence electrons. The molecule has 1 unspecified atom stereocenters. The first kappa shape index (κ1) is 22.4. The summed E-state index contributed by atoms with van der Waals surface area (Å²) in [5.41, 5.74) is 2.57. The second-order valence-electron chi connectivity index (χ2n) is 8.47. The van der Waals surface area contributed by atoms with Crippen molar-refractivity contribution in [2.75, 3.05) is 20.2 Å². The van der Waals surface area contributed by atoms with Gasteiger partial charge in [0.15, 0.2) is 0 Å². The van der Waals surface area contributed by atoms with Gasteiger partial charge in [-0.25, -0.2) is 9.78 Å². The van der Waals surface area contributed by atoms with E-state index in [1.165, 1.54) is 17.8 Å². The number of pyridine rings is 2. The third kappa shape index (κ3) is 4.81. The van der Waals surface area contributed by atoms with E-state index in [4.69, 9.17) is 4.74 Å². The maximum atomic E-state index is 13.0. The number of ether oxygens (including phenoxy) is 1. The lowest BCUT2D eigenvalue weighted by Gasteiger charge is -2.19. The fourth-order valence-corrected chi connectivity index (χ4v) is 4.92. The van der Waals surface area contributed by atoms with Gasteiger partial charge in [0.25, 0.3) is 5.56 Å². The van der Waals surface area contributed by atoms with Gasteiger partial charge in [0.2, 0.25) is 0 Å². The lowest BCUT2D eigenvalue weighted by atomic mass is 10.0. The average Bonchev–Trinajstić information content (AvgIpc) is 3.43. The van der Waals surface area contributed by atoms with E-state index in [-0.39, 0.29) is 11.5 Å². The van der Waals surface area contributed by atoms with Gasteiger partial charge in [0.1, 0.15) is 5.01 Å². The first-order valence-corrected chi connectivity index (χ1v) is 11.8. The molecule has 0 spiro atoms. The van der Waals surface area contributed by atoms with Gasteiger partial charge in [0, 0.05) is 35.1 Å². The lowest BCUT2D eigenvalue weighted by molar-refractivity contribution is 0.0474. The van der Waals surface area contributed by atoms with Crippen molar-refractivity contribution in [3.63, 3.8) is 0 Å². The summed E-state index contributed by atoms with van der Waals surface area (Å²) in [6, 6.07) is 5.84. The summed E-state index contributed by atoms with van der Waals surface area (Å²) < 4.78 is 5.62. The number of likely N-dealkylation sites (tertiary alicyclic amines) is 1. The molecule has 8 heteroatoms. The molecular weight excluding hydrogens is 424 g/mol. The van der Waals surface area contributed by atoms with E-state index in [9.17, 15) is 9.59 Å². The molecule has 0 bridgehead atoms. The van der Waals surface area contributed by atoms with Crippen molar-refractivity contribution in [1.82, 2.24) is 19.9 Å². The van der Waals surface area contributed by atoms with E-state index < -0.39 is 5.97 Å². The Kier molecular flexibility index (Phi) is 6.81. The van der Waals surface area contributed by atoms with E-state index in [2.05, 4.69) is 26.9 Å². The van der Waals surface area contributed by atoms with Crippen LogP contribution in [-0.4, -0.2) is 52.1 Å². The maximum absolute atomic E-state index is 13.0. The molecule has 1 atom stereocenters. The molecule has 0 aliphatic carbocycles. The molecule has 0 radical (unpaired) electrons. The van der Waals surface area contributed by atoms with Gasteiger partial charge >= 0.3 is 5.97 Å². The highest BCUT2D eigenvalue weighted by Gasteiger charge is 2.23. The van der Waals surface area contributed by atoms with Gasteiger partial charge in [-0.05, 0) is 57.0 Å². The Labute approximate surface area is 191 Å². The normalized spacial score (nSPS) is 16.6. The third-order valence-corrected chi connectivity index (χ3v) is 6.82. The Bertz CT molecular complexity index is 1140. The van der Waals surface area contributed by atoms with Crippen molar-refractivity contribution in [2.24, 2.45) is 0 Å². The standard InChI is InChI=1S/C24H28N4O3S/c1-15(2)21-19(24(30)31-12-8-17-5-4-11-28(17)3)13-18(22(29)27-21)20-14-32-23(26-20)16-6-9-25-10-7-16/h6-7,9-10,13-15,17H,4-5,8,11-12H2,1-3H3,(H,27,29). The number of rotatable bonds is 7. The molecule has 1 aliphatic heterocycles. The van der Waals surface area contributed by atoms with Crippen molar-refractivity contribution in [3.8, 4) is 21.8 Å². The molecule has 3 aromatic rings. The third-order valence-electron chi connectivity index (χ3n) is 5.93. The van der Waals surface area contributed by atoms with E-state index >= 15 is 0 Å². The molecule has 1 saturated heterocycles. The van der Waals surface area contributed by atoms with Crippen molar-refractivity contribution in [3.05, 3.63) is 57.6 Å². The quantitative estimate of drug-likeness (QED) is 0.537. The van der Waals surface area contributed by atoms with E-state index in [1.807, 2.05) is 31.4 Å². The van der Waals surface area contributed by atoms with Crippen LogP contribution in [0.1, 0.15) is 55.1 Å². The monoisotopic (exact) mass is 452 g/mol. The first-order valence-electron chi connectivity index (χ1n) is 10.9. The highest BCUT2D eigenvalue weighted by atomic mass is 32.1. The van der Waals surface area contributed by atoms with Crippen molar-refractivity contribution < 1.29 is 9.53 Å². The molecule has 7 nitrogen and oxygen atoms in total. The van der Waals surface area contributed by atoms with Crippen LogP contribution in [0.25, 0.3) is 21.8 Å². The molecule has 0 saturated carbocycles.